The second-order valence-electron chi connectivity index (χ2n) is 9.37. The number of nitrogens with zero attached hydrogens (tertiary/aromatic N) is 3. The van der Waals surface area contributed by atoms with E-state index in [9.17, 15) is 9.59 Å². The van der Waals surface area contributed by atoms with Crippen molar-refractivity contribution in [2.24, 2.45) is 12.8 Å². The van der Waals surface area contributed by atoms with Crippen molar-refractivity contribution in [3.63, 3.8) is 0 Å². The van der Waals surface area contributed by atoms with Gasteiger partial charge in [0.15, 0.2) is 0 Å². The van der Waals surface area contributed by atoms with Gasteiger partial charge in [0.1, 0.15) is 6.04 Å². The van der Waals surface area contributed by atoms with Crippen molar-refractivity contribution in [2.75, 3.05) is 11.9 Å². The molecule has 0 saturated carbocycles. The standard InChI is InChI=1S/C27H28Cl2N6O2/c1-15-16-11-12-20-24(34(2)27(32-20)33-23-17(28)7-5-8-18(23)29)22(16)26(37)31-19(15)9-6-14-35-13-4-3-10-21(35)25(30)36/h5-8,11-12,14,21H,3-4,9-10,13H2,1-2H3,(H2,30,36)(H,31,37)(H,32,33). The molecule has 1 unspecified atom stereocenters. The van der Waals surface area contributed by atoms with Crippen LogP contribution in [-0.2, 0) is 18.3 Å². The van der Waals surface area contributed by atoms with E-state index in [2.05, 4.69) is 15.3 Å². The number of rotatable bonds is 6. The van der Waals surface area contributed by atoms with Gasteiger partial charge in [0.2, 0.25) is 11.9 Å². The number of aromatic nitrogens is 3. The van der Waals surface area contributed by atoms with Gasteiger partial charge in [0, 0.05) is 25.7 Å². The van der Waals surface area contributed by atoms with Gasteiger partial charge in [-0.1, -0.05) is 41.4 Å². The Bertz CT molecular complexity index is 1590. The first kappa shape index (κ1) is 25.2. The summed E-state index contributed by atoms with van der Waals surface area (Å²) in [7, 11) is 1.85. The molecule has 0 spiro atoms. The fourth-order valence-corrected chi connectivity index (χ4v) is 5.58. The largest absolute Gasteiger partial charge is 0.368 e. The Hall–Kier alpha value is -3.49. The number of imidazole rings is 1. The van der Waals surface area contributed by atoms with Crippen LogP contribution in [0.15, 0.2) is 47.4 Å². The second kappa shape index (κ2) is 10.1. The average Bonchev–Trinajstić information content (AvgIpc) is 3.19. The number of amides is 1. The number of nitrogens with two attached hydrogens (primary N) is 1. The predicted octanol–water partition coefficient (Wildman–Crippen LogP) is 5.17. The van der Waals surface area contributed by atoms with Gasteiger partial charge < -0.3 is 25.5 Å². The van der Waals surface area contributed by atoms with Crippen molar-refractivity contribution in [3.05, 3.63) is 74.3 Å². The highest BCUT2D eigenvalue weighted by molar-refractivity contribution is 6.39. The van der Waals surface area contributed by atoms with E-state index in [-0.39, 0.29) is 17.5 Å². The van der Waals surface area contributed by atoms with E-state index < -0.39 is 0 Å². The number of halogens is 2. The molecule has 4 aromatic rings. The van der Waals surface area contributed by atoms with Crippen molar-refractivity contribution in [2.45, 2.75) is 38.6 Å². The zero-order valence-electron chi connectivity index (χ0n) is 20.6. The smallest absolute Gasteiger partial charge is 0.258 e. The van der Waals surface area contributed by atoms with Crippen LogP contribution < -0.4 is 16.6 Å². The van der Waals surface area contributed by atoms with Crippen LogP contribution in [0.2, 0.25) is 10.0 Å². The first-order chi connectivity index (χ1) is 17.8. The number of pyridine rings is 1. The van der Waals surface area contributed by atoms with E-state index >= 15 is 0 Å². The van der Waals surface area contributed by atoms with Crippen LogP contribution >= 0.6 is 23.2 Å². The van der Waals surface area contributed by atoms with Gasteiger partial charge in [-0.15, -0.1) is 0 Å². The van der Waals surface area contributed by atoms with Gasteiger partial charge in [0.25, 0.3) is 5.56 Å². The van der Waals surface area contributed by atoms with E-state index in [1.807, 2.05) is 47.8 Å². The number of hydrogen-bond acceptors (Lipinski definition) is 5. The topological polar surface area (TPSA) is 109 Å². The zero-order valence-corrected chi connectivity index (χ0v) is 22.2. The number of hydrogen-bond donors (Lipinski definition) is 3. The Morgan fingerprint density at radius 1 is 1.24 bits per heavy atom. The molecule has 0 bridgehead atoms. The molecule has 1 saturated heterocycles. The van der Waals surface area contributed by atoms with E-state index in [0.717, 1.165) is 42.5 Å². The third-order valence-corrected chi connectivity index (χ3v) is 7.71. The Morgan fingerprint density at radius 3 is 2.73 bits per heavy atom. The van der Waals surface area contributed by atoms with Crippen LogP contribution in [0, 0.1) is 6.92 Å². The summed E-state index contributed by atoms with van der Waals surface area (Å²) < 4.78 is 1.84. The number of fused-ring (bicyclic) bond motifs is 3. The maximum Gasteiger partial charge on any atom is 0.258 e. The number of carbonyl (C=O) groups excluding carboxylic acids is 1. The Balaban J connectivity index is 1.50. The van der Waals surface area contributed by atoms with Gasteiger partial charge >= 0.3 is 0 Å². The number of likely N-dealkylation sites (tertiary alicyclic amines) is 1. The molecular formula is C27H28Cl2N6O2. The van der Waals surface area contributed by atoms with E-state index in [4.69, 9.17) is 28.9 Å². The number of para-hydroxylation sites is 1. The molecule has 3 heterocycles. The first-order valence-electron chi connectivity index (χ1n) is 12.2. The number of nitrogens with one attached hydrogen (secondary N) is 2. The van der Waals surface area contributed by atoms with Gasteiger partial charge in [-0.3, -0.25) is 9.59 Å². The van der Waals surface area contributed by atoms with Gasteiger partial charge in [0.05, 0.1) is 32.2 Å². The van der Waals surface area contributed by atoms with Gasteiger partial charge in [-0.05, 0) is 61.5 Å². The summed E-state index contributed by atoms with van der Waals surface area (Å²) in [4.78, 5) is 34.9. The maximum absolute atomic E-state index is 13.3. The Morgan fingerprint density at radius 2 is 2.00 bits per heavy atom. The normalized spacial score (nSPS) is 16.2. The van der Waals surface area contributed by atoms with Crippen molar-refractivity contribution >= 4 is 62.6 Å². The lowest BCUT2D eigenvalue weighted by molar-refractivity contribution is -0.123. The number of primary amides is 1. The summed E-state index contributed by atoms with van der Waals surface area (Å²) >= 11 is 12.7. The summed E-state index contributed by atoms with van der Waals surface area (Å²) in [6, 6.07) is 8.84. The molecule has 0 radical (unpaired) electrons. The third kappa shape index (κ3) is 4.67. The number of carbonyl (C=O) groups is 1. The predicted molar refractivity (Wildman–Crippen MR) is 150 cm³/mol. The SMILES string of the molecule is Cc1c(CC=CN2CCCCC2C(N)=O)[nH]c(=O)c2c1ccc1nc(Nc3c(Cl)cccc3Cl)n(C)c12. The molecule has 1 fully saturated rings. The Labute approximate surface area is 224 Å². The van der Waals surface area contributed by atoms with Crippen molar-refractivity contribution < 1.29 is 4.79 Å². The molecule has 5 rings (SSSR count). The lowest BCUT2D eigenvalue weighted by Crippen LogP contribution is -2.44. The molecule has 1 amide bonds. The van der Waals surface area contributed by atoms with E-state index in [1.54, 1.807) is 18.2 Å². The highest BCUT2D eigenvalue weighted by Crippen LogP contribution is 2.34. The molecule has 1 aliphatic rings. The minimum Gasteiger partial charge on any atom is -0.368 e. The highest BCUT2D eigenvalue weighted by atomic mass is 35.5. The van der Waals surface area contributed by atoms with Gasteiger partial charge in [-0.2, -0.15) is 0 Å². The minimum absolute atomic E-state index is 0.187. The molecule has 2 aromatic carbocycles. The van der Waals surface area contributed by atoms with Crippen LogP contribution in [0.3, 0.4) is 0 Å². The minimum atomic E-state index is -0.300. The molecule has 1 atom stereocenters. The summed E-state index contributed by atoms with van der Waals surface area (Å²) in [5, 5.41) is 5.59. The number of piperidine rings is 1. The van der Waals surface area contributed by atoms with Crippen molar-refractivity contribution in [1.82, 2.24) is 19.4 Å². The van der Waals surface area contributed by atoms with Crippen LogP contribution in [0.25, 0.3) is 21.8 Å². The summed E-state index contributed by atoms with van der Waals surface area (Å²) in [5.41, 5.74) is 9.15. The molecule has 192 valence electrons. The molecule has 4 N–H and O–H groups in total. The van der Waals surface area contributed by atoms with Crippen molar-refractivity contribution in [3.8, 4) is 0 Å². The fourth-order valence-electron chi connectivity index (χ4n) is 5.09. The lowest BCUT2D eigenvalue weighted by Gasteiger charge is -2.32. The molecule has 2 aromatic heterocycles. The summed E-state index contributed by atoms with van der Waals surface area (Å²) in [6.07, 6.45) is 7.23. The van der Waals surface area contributed by atoms with E-state index in [1.165, 1.54) is 0 Å². The second-order valence-corrected chi connectivity index (χ2v) is 10.2. The number of benzene rings is 2. The summed E-state index contributed by atoms with van der Waals surface area (Å²) in [6.45, 7) is 2.80. The molecule has 0 aliphatic carbocycles. The molecule has 8 nitrogen and oxygen atoms in total. The monoisotopic (exact) mass is 538 g/mol. The van der Waals surface area contributed by atoms with Gasteiger partial charge in [-0.25, -0.2) is 4.98 Å². The van der Waals surface area contributed by atoms with Crippen molar-refractivity contribution in [1.29, 1.82) is 0 Å². The molecular weight excluding hydrogens is 511 g/mol. The van der Waals surface area contributed by atoms with Crippen LogP contribution in [-0.4, -0.2) is 37.9 Å². The Kier molecular flexibility index (Phi) is 6.88. The molecule has 10 heteroatoms. The summed E-state index contributed by atoms with van der Waals surface area (Å²) in [5.74, 6) is 0.220. The molecule has 1 aliphatic heterocycles. The lowest BCUT2D eigenvalue weighted by atomic mass is 10.0. The number of allylic oxidation sites excluding steroid dienone is 1. The number of aromatic amines is 1. The van der Waals surface area contributed by atoms with Crippen LogP contribution in [0.1, 0.15) is 30.5 Å². The number of anilines is 2. The van der Waals surface area contributed by atoms with Crippen LogP contribution in [0.4, 0.5) is 11.6 Å². The zero-order chi connectivity index (χ0) is 26.3. The van der Waals surface area contributed by atoms with E-state index in [0.29, 0.717) is 44.5 Å². The molecule has 37 heavy (non-hydrogen) atoms. The number of aryl methyl sites for hydroxylation is 2. The highest BCUT2D eigenvalue weighted by Gasteiger charge is 2.24. The first-order valence-corrected chi connectivity index (χ1v) is 13.0. The number of H-pyrrole nitrogens is 1. The quantitative estimate of drug-likeness (QED) is 0.313. The van der Waals surface area contributed by atoms with Crippen LogP contribution in [0.5, 0.6) is 0 Å². The fraction of sp³-hybridized carbons (Fsp3) is 0.296. The third-order valence-electron chi connectivity index (χ3n) is 7.08. The maximum atomic E-state index is 13.3. The average molecular weight is 539 g/mol.